The van der Waals surface area contributed by atoms with E-state index >= 15 is 0 Å². The van der Waals surface area contributed by atoms with Crippen molar-refractivity contribution in [3.05, 3.63) is 17.2 Å². The molecule has 6 nitrogen and oxygen atoms in total. The van der Waals surface area contributed by atoms with Gasteiger partial charge in [-0.2, -0.15) is 0 Å². The van der Waals surface area contributed by atoms with Gasteiger partial charge in [0.15, 0.2) is 5.13 Å². The van der Waals surface area contributed by atoms with Gasteiger partial charge in [-0.1, -0.05) is 11.3 Å². The van der Waals surface area contributed by atoms with Gasteiger partial charge in [-0.15, -0.1) is 0 Å². The number of fused-ring (bicyclic) bond motifs is 1. The topological polar surface area (TPSA) is 87.6 Å². The highest BCUT2D eigenvalue weighted by atomic mass is 32.1. The Morgan fingerprint density at radius 3 is 2.72 bits per heavy atom. The zero-order valence-corrected chi connectivity index (χ0v) is 9.88. The summed E-state index contributed by atoms with van der Waals surface area (Å²) in [4.78, 5) is 39.6. The molecule has 2 heterocycles. The van der Waals surface area contributed by atoms with Crippen LogP contribution >= 0.6 is 11.3 Å². The average Bonchev–Trinajstić information content (AvgIpc) is 2.93. The number of piperidine rings is 1. The number of aliphatic carboxylic acids is 1. The van der Waals surface area contributed by atoms with Gasteiger partial charge in [-0.3, -0.25) is 9.59 Å². The predicted octanol–water partition coefficient (Wildman–Crippen LogP) is 0.750. The third-order valence-electron chi connectivity index (χ3n) is 2.96. The third-order valence-corrected chi connectivity index (χ3v) is 3.91. The predicted molar refractivity (Wildman–Crippen MR) is 62.9 cm³/mol. The summed E-state index contributed by atoms with van der Waals surface area (Å²) in [6, 6.07) is 0. The lowest BCUT2D eigenvalue weighted by Gasteiger charge is -2.11. The summed E-state index contributed by atoms with van der Waals surface area (Å²) in [7, 11) is 0. The number of rotatable bonds is 3. The fourth-order valence-corrected chi connectivity index (χ4v) is 2.81. The van der Waals surface area contributed by atoms with E-state index in [1.165, 1.54) is 12.3 Å². The molecule has 1 saturated carbocycles. The van der Waals surface area contributed by atoms with Crippen LogP contribution in [-0.4, -0.2) is 27.9 Å². The van der Waals surface area contributed by atoms with Crippen molar-refractivity contribution in [1.82, 2.24) is 4.98 Å². The number of hydrogen-bond acceptors (Lipinski definition) is 5. The Bertz CT molecular complexity index is 572. The molecule has 2 amide bonds. The Kier molecular flexibility index (Phi) is 2.30. The van der Waals surface area contributed by atoms with Crippen LogP contribution in [0.25, 0.3) is 6.08 Å². The maximum absolute atomic E-state index is 11.8. The molecule has 1 saturated heterocycles. The minimum atomic E-state index is -1.06. The molecule has 7 heteroatoms. The van der Waals surface area contributed by atoms with E-state index in [0.717, 1.165) is 22.3 Å². The maximum Gasteiger partial charge on any atom is 0.328 e. The molecule has 1 aromatic heterocycles. The van der Waals surface area contributed by atoms with Crippen molar-refractivity contribution in [3.63, 3.8) is 0 Å². The largest absolute Gasteiger partial charge is 0.478 e. The number of carboxylic acid groups (broad SMARTS) is 1. The lowest BCUT2D eigenvalue weighted by Crippen LogP contribution is -2.32. The van der Waals surface area contributed by atoms with Gasteiger partial charge in [0.2, 0.25) is 11.8 Å². The first-order valence-electron chi connectivity index (χ1n) is 5.32. The number of carbonyl (C=O) groups is 3. The van der Waals surface area contributed by atoms with Crippen LogP contribution in [0, 0.1) is 11.8 Å². The lowest BCUT2D eigenvalue weighted by atomic mass is 10.4. The highest BCUT2D eigenvalue weighted by Crippen LogP contribution is 2.48. The minimum Gasteiger partial charge on any atom is -0.478 e. The Hall–Kier alpha value is -2.02. The molecule has 18 heavy (non-hydrogen) atoms. The second kappa shape index (κ2) is 3.74. The number of carboxylic acids is 1. The van der Waals surface area contributed by atoms with Crippen LogP contribution < -0.4 is 4.90 Å². The molecule has 1 aromatic rings. The van der Waals surface area contributed by atoms with Crippen LogP contribution in [-0.2, 0) is 14.4 Å². The first kappa shape index (κ1) is 11.1. The standard InChI is InChI=1S/C11H8N2O4S/c14-8(15)2-1-5-4-12-11(18-5)13-9(16)6-3-7(6)10(13)17/h1-2,4,6-7H,3H2,(H,14,15)/b2-1+. The molecule has 0 bridgehead atoms. The van der Waals surface area contributed by atoms with Crippen molar-refractivity contribution < 1.29 is 19.5 Å². The Labute approximate surface area is 106 Å². The molecule has 2 fully saturated rings. The van der Waals surface area contributed by atoms with Crippen LogP contribution in [0.5, 0.6) is 0 Å². The number of aromatic nitrogens is 1. The van der Waals surface area contributed by atoms with E-state index in [4.69, 9.17) is 5.11 Å². The van der Waals surface area contributed by atoms with E-state index in [1.807, 2.05) is 0 Å². The molecule has 2 aliphatic rings. The summed E-state index contributed by atoms with van der Waals surface area (Å²) >= 11 is 1.13. The van der Waals surface area contributed by atoms with Gasteiger partial charge in [-0.05, 0) is 12.5 Å². The number of nitrogens with zero attached hydrogens (tertiary/aromatic N) is 2. The highest BCUT2D eigenvalue weighted by molar-refractivity contribution is 7.16. The molecule has 1 aliphatic carbocycles. The van der Waals surface area contributed by atoms with Crippen molar-refractivity contribution in [3.8, 4) is 0 Å². The lowest BCUT2D eigenvalue weighted by molar-refractivity contribution is -0.131. The zero-order valence-electron chi connectivity index (χ0n) is 9.07. The summed E-state index contributed by atoms with van der Waals surface area (Å²) in [6.45, 7) is 0. The average molecular weight is 264 g/mol. The molecular formula is C11H8N2O4S. The number of carbonyl (C=O) groups excluding carboxylic acids is 2. The molecule has 0 spiro atoms. The smallest absolute Gasteiger partial charge is 0.328 e. The van der Waals surface area contributed by atoms with E-state index in [-0.39, 0.29) is 23.7 Å². The zero-order chi connectivity index (χ0) is 12.9. The highest BCUT2D eigenvalue weighted by Gasteiger charge is 2.59. The van der Waals surface area contributed by atoms with Gasteiger partial charge < -0.3 is 5.11 Å². The molecule has 2 atom stereocenters. The van der Waals surface area contributed by atoms with E-state index in [2.05, 4.69) is 4.98 Å². The molecule has 92 valence electrons. The molecule has 1 aliphatic heterocycles. The van der Waals surface area contributed by atoms with Crippen LogP contribution in [0.3, 0.4) is 0 Å². The van der Waals surface area contributed by atoms with Crippen LogP contribution in [0.15, 0.2) is 12.3 Å². The van der Waals surface area contributed by atoms with E-state index in [1.54, 1.807) is 0 Å². The second-order valence-corrected chi connectivity index (χ2v) is 5.22. The fraction of sp³-hybridized carbons (Fsp3) is 0.273. The molecule has 1 N–H and O–H groups in total. The van der Waals surface area contributed by atoms with Gasteiger partial charge in [0.25, 0.3) is 0 Å². The maximum atomic E-state index is 11.8. The van der Waals surface area contributed by atoms with Crippen LogP contribution in [0.1, 0.15) is 11.3 Å². The SMILES string of the molecule is O=C(O)/C=C/c1cnc(N2C(=O)C3CC3C2=O)s1. The Morgan fingerprint density at radius 2 is 2.11 bits per heavy atom. The normalized spacial score (nSPS) is 25.9. The molecule has 2 unspecified atom stereocenters. The van der Waals surface area contributed by atoms with Gasteiger partial charge in [-0.25, -0.2) is 14.7 Å². The van der Waals surface area contributed by atoms with Gasteiger partial charge in [0, 0.05) is 17.2 Å². The summed E-state index contributed by atoms with van der Waals surface area (Å²) < 4.78 is 0. The first-order chi connectivity index (χ1) is 8.58. The number of imide groups is 1. The summed E-state index contributed by atoms with van der Waals surface area (Å²) in [5, 5.41) is 8.82. The molecular weight excluding hydrogens is 256 g/mol. The van der Waals surface area contributed by atoms with Crippen molar-refractivity contribution in [2.24, 2.45) is 11.8 Å². The number of anilines is 1. The van der Waals surface area contributed by atoms with Crippen molar-refractivity contribution in [2.75, 3.05) is 4.90 Å². The van der Waals surface area contributed by atoms with Crippen LogP contribution in [0.2, 0.25) is 0 Å². The Balaban J connectivity index is 1.83. The number of amides is 2. The minimum absolute atomic E-state index is 0.153. The second-order valence-electron chi connectivity index (χ2n) is 4.18. The quantitative estimate of drug-likeness (QED) is 0.643. The van der Waals surface area contributed by atoms with E-state index in [0.29, 0.717) is 16.4 Å². The molecule has 3 rings (SSSR count). The van der Waals surface area contributed by atoms with Crippen molar-refractivity contribution in [2.45, 2.75) is 6.42 Å². The number of thiazole rings is 1. The van der Waals surface area contributed by atoms with E-state index in [9.17, 15) is 14.4 Å². The molecule has 0 radical (unpaired) electrons. The van der Waals surface area contributed by atoms with Crippen molar-refractivity contribution >= 4 is 40.3 Å². The van der Waals surface area contributed by atoms with Gasteiger partial charge in [0.05, 0.1) is 11.8 Å². The van der Waals surface area contributed by atoms with E-state index < -0.39 is 5.97 Å². The summed E-state index contributed by atoms with van der Waals surface area (Å²) in [6.07, 6.45) is 4.48. The van der Waals surface area contributed by atoms with Gasteiger partial charge in [0.1, 0.15) is 0 Å². The summed E-state index contributed by atoms with van der Waals surface area (Å²) in [5.41, 5.74) is 0. The monoisotopic (exact) mass is 264 g/mol. The molecule has 0 aromatic carbocycles. The van der Waals surface area contributed by atoms with Crippen LogP contribution in [0.4, 0.5) is 5.13 Å². The van der Waals surface area contributed by atoms with Gasteiger partial charge >= 0.3 is 5.97 Å². The number of hydrogen-bond donors (Lipinski definition) is 1. The first-order valence-corrected chi connectivity index (χ1v) is 6.14. The summed E-state index contributed by atoms with van der Waals surface area (Å²) in [5.74, 6) is -1.74. The third kappa shape index (κ3) is 1.63. The fourth-order valence-electron chi connectivity index (χ4n) is 1.98. The van der Waals surface area contributed by atoms with Crippen molar-refractivity contribution in [1.29, 1.82) is 0 Å². The Morgan fingerprint density at radius 1 is 1.44 bits per heavy atom.